The van der Waals surface area contributed by atoms with Crippen LogP contribution in [0.3, 0.4) is 0 Å². The van der Waals surface area contributed by atoms with E-state index in [1.807, 2.05) is 0 Å². The van der Waals surface area contributed by atoms with Gasteiger partial charge in [-0.05, 0) is 27.7 Å². The Morgan fingerprint density at radius 2 is 0.319 bits per heavy atom. The van der Waals surface area contributed by atoms with Crippen molar-refractivity contribution in [1.82, 2.24) is 119 Å². The number of aliphatic hydroxyl groups excluding tert-OH is 1. The van der Waals surface area contributed by atoms with Crippen LogP contribution in [-0.4, -0.2) is 676 Å². The lowest BCUT2D eigenvalue weighted by Crippen LogP contribution is -2.59. The van der Waals surface area contributed by atoms with E-state index in [-0.39, 0.29) is 242 Å². The molecular formula is C85H150N24O32. The number of hydrogen-bond donors (Lipinski definition) is 17. The summed E-state index contributed by atoms with van der Waals surface area (Å²) in [6.45, 7) is -4.95. The van der Waals surface area contributed by atoms with Gasteiger partial charge in [-0.25, -0.2) is 0 Å². The molecule has 0 atom stereocenters. The number of carbonyl (C=O) groups is 19. The normalized spacial score (nSPS) is 18.2. The number of carboxylic acid groups (broad SMARTS) is 11. The first-order valence-electron chi connectivity index (χ1n) is 47.2. The molecule has 4 saturated heterocycles. The number of hydrogen-bond acceptors (Lipinski definition) is 37. The molecule has 141 heavy (non-hydrogen) atoms. The Labute approximate surface area is 818 Å². The van der Waals surface area contributed by atoms with Gasteiger partial charge in [-0.1, -0.05) is 0 Å². The fraction of sp³-hybridized carbons (Fsp3) is 0.776. The second-order valence-electron chi connectivity index (χ2n) is 35.5. The van der Waals surface area contributed by atoms with Crippen LogP contribution in [0, 0.1) is 5.41 Å². The molecule has 0 aliphatic carbocycles. The molecule has 4 heterocycles. The van der Waals surface area contributed by atoms with Crippen LogP contribution in [0.2, 0.25) is 0 Å². The smallest absolute Gasteiger partial charge is 0.317 e. The lowest BCUT2D eigenvalue weighted by molar-refractivity contribution is -0.141. The molecule has 17 N–H and O–H groups in total. The number of amides is 8. The van der Waals surface area contributed by atoms with Crippen LogP contribution < -0.4 is 21.3 Å². The van der Waals surface area contributed by atoms with E-state index in [0.717, 1.165) is 14.7 Å². The average Bonchev–Trinajstić information content (AvgIpc) is 0.836. The summed E-state index contributed by atoms with van der Waals surface area (Å²) in [5, 5.41) is 140. The molecule has 56 nitrogen and oxygen atoms in total. The highest BCUT2D eigenvalue weighted by Gasteiger charge is 2.37. The second-order valence-corrected chi connectivity index (χ2v) is 35.5. The lowest BCUT2D eigenvalue weighted by Gasteiger charge is -2.36. The third kappa shape index (κ3) is 53.8. The number of nitrogens with zero attached hydrogens (tertiary/aromatic N) is 20. The molecule has 4 aliphatic heterocycles. The van der Waals surface area contributed by atoms with Crippen molar-refractivity contribution in [2.24, 2.45) is 5.41 Å². The first-order chi connectivity index (χ1) is 66.7. The van der Waals surface area contributed by atoms with Gasteiger partial charge in [-0.3, -0.25) is 169 Å². The highest BCUT2D eigenvalue weighted by Crippen LogP contribution is 2.17. The minimum atomic E-state index is -1.87. The van der Waals surface area contributed by atoms with Gasteiger partial charge in [-0.15, -0.1) is 0 Å². The molecular weight excluding hydrogens is 1870 g/mol. The Kier molecular flexibility index (Phi) is 57.5. The molecule has 0 radical (unpaired) electrons. The van der Waals surface area contributed by atoms with Crippen molar-refractivity contribution in [3.63, 3.8) is 0 Å². The zero-order valence-corrected chi connectivity index (χ0v) is 81.5. The molecule has 0 unspecified atom stereocenters. The van der Waals surface area contributed by atoms with Gasteiger partial charge in [0.2, 0.25) is 47.3 Å². The zero-order valence-electron chi connectivity index (χ0n) is 81.5. The topological polar surface area (TPSA) is 700 Å². The molecule has 4 aliphatic rings. The molecule has 0 bridgehead atoms. The van der Waals surface area contributed by atoms with E-state index in [1.54, 1.807) is 106 Å². The summed E-state index contributed by atoms with van der Waals surface area (Å²) < 4.78 is 0. The summed E-state index contributed by atoms with van der Waals surface area (Å²) in [7, 11) is 0. The molecule has 0 spiro atoms. The molecule has 0 aromatic heterocycles. The standard InChI is InChI=1S/C85H150N24O32/c1-5-106(69(114)45-90-9-17-94(49-73(118)119)25-33-102(57-81(134)135)34-26-95(18-10-90)50-74(120)121)41-65(110)86-61-85(62-87-66(111)42-107(6-2)70(115)46-91-11-19-96(51-75(122)123)27-35-103(58-82(136)137)36-28-97(20-12-91)52-76(124)125,63-88-67(112)43-108(7-3)71(116)47-92-13-21-98(53-77(126)127)29-37-104(59-83(138)139)38-30-99(22-14-92)54-78(128)129)64-89-68(113)44-109(8-4)72(117)48-93-15-23-100(55-79(130)131)31-39-105(60-84(140)141)40-32-101(24-16-93)56-80(132)133/h81,134-135H,5-64H2,1-4H3,(H,86,110)(H,87,111)(H,88,112)(H,89,113)(H,118,119)(H,120,121)(H,122,123)(H,124,125)(H,126,127)(H,128,129)(H,130,131)(H,132,133)(H,136,137)(H,138,139)(H,140,141). The number of β-amino-alcohol motifs (C(OH)–C–C–N with tert-alkyl or cyclic N) is 2. The Bertz CT molecular complexity index is 3600. The highest BCUT2D eigenvalue weighted by molar-refractivity contribution is 5.89. The van der Waals surface area contributed by atoms with Crippen LogP contribution >= 0.6 is 0 Å². The molecule has 4 fully saturated rings. The third-order valence-electron chi connectivity index (χ3n) is 24.4. The summed E-state index contributed by atoms with van der Waals surface area (Å²) in [5.41, 5.74) is -1.87. The Morgan fingerprint density at radius 3 is 0.426 bits per heavy atom. The quantitative estimate of drug-likeness (QED) is 0.0252. The van der Waals surface area contributed by atoms with Gasteiger partial charge in [0.1, 0.15) is 0 Å². The number of rotatable bonds is 52. The molecule has 0 aromatic rings. The van der Waals surface area contributed by atoms with Crippen LogP contribution in [0.4, 0.5) is 0 Å². The van der Waals surface area contributed by atoms with Crippen LogP contribution in [0.15, 0.2) is 0 Å². The van der Waals surface area contributed by atoms with Gasteiger partial charge in [0.25, 0.3) is 0 Å². The molecule has 0 aromatic carbocycles. The van der Waals surface area contributed by atoms with E-state index in [1.165, 1.54) is 4.90 Å². The summed E-state index contributed by atoms with van der Waals surface area (Å²) in [6.07, 6.45) is -1.77. The van der Waals surface area contributed by atoms with E-state index < -0.39 is 275 Å². The van der Waals surface area contributed by atoms with E-state index in [0.29, 0.717) is 0 Å². The third-order valence-corrected chi connectivity index (χ3v) is 24.4. The van der Waals surface area contributed by atoms with Gasteiger partial charge in [0.15, 0.2) is 6.29 Å². The largest absolute Gasteiger partial charge is 0.480 e. The van der Waals surface area contributed by atoms with E-state index >= 15 is 0 Å². The van der Waals surface area contributed by atoms with Crippen molar-refractivity contribution < 1.29 is 157 Å². The van der Waals surface area contributed by atoms with Crippen molar-refractivity contribution in [3.8, 4) is 0 Å². The first kappa shape index (κ1) is 123. The number of aliphatic hydroxyl groups is 2. The summed E-state index contributed by atoms with van der Waals surface area (Å²) in [4.78, 5) is 282. The lowest BCUT2D eigenvalue weighted by atomic mass is 9.86. The number of carboxylic acids is 11. The number of aliphatic carboxylic acids is 11. The van der Waals surface area contributed by atoms with Gasteiger partial charge < -0.3 is 107 Å². The molecule has 0 saturated carbocycles. The Balaban J connectivity index is 1.88. The van der Waals surface area contributed by atoms with E-state index in [9.17, 15) is 157 Å². The van der Waals surface area contributed by atoms with E-state index in [2.05, 4.69) is 21.3 Å². The molecule has 8 amide bonds. The fourth-order valence-electron chi connectivity index (χ4n) is 16.3. The summed E-state index contributed by atoms with van der Waals surface area (Å²) in [6, 6.07) is 0. The second kappa shape index (κ2) is 66.1. The fourth-order valence-corrected chi connectivity index (χ4v) is 16.3. The predicted octanol–water partition coefficient (Wildman–Crippen LogP) is -13.0. The first-order valence-corrected chi connectivity index (χ1v) is 47.2. The zero-order chi connectivity index (χ0) is 105. The summed E-state index contributed by atoms with van der Waals surface area (Å²) in [5.74, 6) is -19.2. The molecule has 56 heteroatoms. The van der Waals surface area contributed by atoms with Crippen molar-refractivity contribution >= 4 is 113 Å². The highest BCUT2D eigenvalue weighted by atomic mass is 16.5. The monoisotopic (exact) mass is 2020 g/mol. The van der Waals surface area contributed by atoms with Crippen molar-refractivity contribution in [3.05, 3.63) is 0 Å². The average molecular weight is 2020 g/mol. The number of carbonyl (C=O) groups excluding carboxylic acids is 8. The van der Waals surface area contributed by atoms with Crippen molar-refractivity contribution in [2.75, 3.05) is 393 Å². The van der Waals surface area contributed by atoms with Crippen molar-refractivity contribution in [1.29, 1.82) is 0 Å². The Morgan fingerprint density at radius 1 is 0.206 bits per heavy atom. The van der Waals surface area contributed by atoms with Crippen LogP contribution in [0.25, 0.3) is 0 Å². The van der Waals surface area contributed by atoms with Crippen LogP contribution in [0.5, 0.6) is 0 Å². The SMILES string of the molecule is CCN(CC(=O)NCC(CNC(=O)CN(CC)C(=O)CN1CCN(CC(=O)O)CCN(CC(=O)O)CCN(CC(=O)O)CC1)(CNC(=O)CN(CC)C(=O)CN1CCN(CC(=O)O)CCN(CC(=O)O)CCN(CC(=O)O)CC1)CNC(=O)CN(CC)C(=O)CN1CCN(CC(=O)O)CCN(CC(O)O)CCN(CC(=O)O)CC1)C(=O)CN1CCN(CC(=O)O)CCN(CC(=O)O)CCN(CC(=O)O)CC1. The van der Waals surface area contributed by atoms with E-state index in [4.69, 9.17) is 0 Å². The van der Waals surface area contributed by atoms with Crippen LogP contribution in [-0.2, 0) is 91.1 Å². The van der Waals surface area contributed by atoms with Gasteiger partial charge in [0.05, 0.1) is 124 Å². The maximum atomic E-state index is 14.9. The van der Waals surface area contributed by atoms with Gasteiger partial charge >= 0.3 is 65.7 Å². The predicted molar refractivity (Wildman–Crippen MR) is 499 cm³/mol. The summed E-state index contributed by atoms with van der Waals surface area (Å²) >= 11 is 0. The maximum Gasteiger partial charge on any atom is 0.317 e. The van der Waals surface area contributed by atoms with Gasteiger partial charge in [0, 0.05) is 274 Å². The number of likely N-dealkylation sites (N-methyl/N-ethyl adjacent to an activating group) is 4. The van der Waals surface area contributed by atoms with Crippen molar-refractivity contribution in [2.45, 2.75) is 34.0 Å². The minimum Gasteiger partial charge on any atom is -0.480 e. The van der Waals surface area contributed by atoms with Crippen LogP contribution in [0.1, 0.15) is 27.7 Å². The minimum absolute atomic E-state index is 0.0133. The Hall–Kier alpha value is -10.8. The number of nitrogens with one attached hydrogen (secondary N) is 4. The molecule has 802 valence electrons. The van der Waals surface area contributed by atoms with Gasteiger partial charge in [-0.2, -0.15) is 0 Å². The maximum absolute atomic E-state index is 14.9. The molecule has 4 rings (SSSR count).